The van der Waals surface area contributed by atoms with Crippen LogP contribution in [-0.4, -0.2) is 53.8 Å². The van der Waals surface area contributed by atoms with Gasteiger partial charge in [-0.1, -0.05) is 75.4 Å². The standard InChI is InChI=1S/C26H32N2O3/c1-26(2,3)20-14-12-18(13-15-20)22-21(23(29)19-10-7-6-8-11-19)24(30)25(31)28(22)17-9-16-27(4)5/h6-8,10-15,22,29H,9,16-17H2,1-5H3. The highest BCUT2D eigenvalue weighted by Gasteiger charge is 2.45. The van der Waals surface area contributed by atoms with Gasteiger partial charge in [0.2, 0.25) is 0 Å². The van der Waals surface area contributed by atoms with Gasteiger partial charge in [0.15, 0.2) is 0 Å². The number of carbonyl (C=O) groups excluding carboxylic acids is 2. The van der Waals surface area contributed by atoms with Gasteiger partial charge < -0.3 is 14.9 Å². The molecule has 1 amide bonds. The van der Waals surface area contributed by atoms with Crippen molar-refractivity contribution in [2.45, 2.75) is 38.6 Å². The number of carbonyl (C=O) groups is 2. The van der Waals surface area contributed by atoms with Crippen molar-refractivity contribution in [3.05, 3.63) is 76.9 Å². The monoisotopic (exact) mass is 420 g/mol. The van der Waals surface area contributed by atoms with Crippen LogP contribution in [0.4, 0.5) is 0 Å². The van der Waals surface area contributed by atoms with E-state index in [1.807, 2.05) is 49.3 Å². The third kappa shape index (κ3) is 4.88. The molecule has 164 valence electrons. The van der Waals surface area contributed by atoms with Crippen molar-refractivity contribution in [2.24, 2.45) is 0 Å². The first-order chi connectivity index (χ1) is 14.6. The Kier molecular flexibility index (Phi) is 6.65. The summed E-state index contributed by atoms with van der Waals surface area (Å²) in [6.07, 6.45) is 0.738. The molecule has 5 heteroatoms. The van der Waals surface area contributed by atoms with Crippen LogP contribution in [0.25, 0.3) is 5.76 Å². The number of rotatable bonds is 6. The van der Waals surface area contributed by atoms with Crippen LogP contribution >= 0.6 is 0 Å². The molecule has 0 spiro atoms. The fraction of sp³-hybridized carbons (Fsp3) is 0.385. The van der Waals surface area contributed by atoms with E-state index in [1.54, 1.807) is 29.2 Å². The number of aliphatic hydroxyl groups excluding tert-OH is 1. The van der Waals surface area contributed by atoms with Crippen molar-refractivity contribution in [3.8, 4) is 0 Å². The molecule has 5 nitrogen and oxygen atoms in total. The molecular formula is C26H32N2O3. The molecule has 0 saturated carbocycles. The number of hydrogen-bond acceptors (Lipinski definition) is 4. The van der Waals surface area contributed by atoms with Crippen LogP contribution in [0.5, 0.6) is 0 Å². The van der Waals surface area contributed by atoms with Crippen molar-refractivity contribution in [1.29, 1.82) is 0 Å². The molecule has 0 bridgehead atoms. The third-order valence-electron chi connectivity index (χ3n) is 5.68. The molecule has 0 radical (unpaired) electrons. The molecule has 1 N–H and O–H groups in total. The molecule has 3 rings (SSSR count). The Balaban J connectivity index is 2.08. The zero-order valence-corrected chi connectivity index (χ0v) is 19.1. The highest BCUT2D eigenvalue weighted by atomic mass is 16.3. The quantitative estimate of drug-likeness (QED) is 0.429. The lowest BCUT2D eigenvalue weighted by molar-refractivity contribution is -0.139. The summed E-state index contributed by atoms with van der Waals surface area (Å²) in [5.74, 6) is -1.31. The van der Waals surface area contributed by atoms with Crippen molar-refractivity contribution >= 4 is 17.4 Å². The van der Waals surface area contributed by atoms with E-state index in [4.69, 9.17) is 0 Å². The maximum atomic E-state index is 13.0. The number of amides is 1. The van der Waals surface area contributed by atoms with Gasteiger partial charge in [-0.3, -0.25) is 9.59 Å². The first-order valence-electron chi connectivity index (χ1n) is 10.7. The topological polar surface area (TPSA) is 60.9 Å². The smallest absolute Gasteiger partial charge is 0.295 e. The van der Waals surface area contributed by atoms with Crippen LogP contribution in [0.3, 0.4) is 0 Å². The van der Waals surface area contributed by atoms with Crippen LogP contribution in [0.15, 0.2) is 60.2 Å². The molecule has 31 heavy (non-hydrogen) atoms. The molecule has 1 aliphatic heterocycles. The first-order valence-corrected chi connectivity index (χ1v) is 10.7. The summed E-state index contributed by atoms with van der Waals surface area (Å²) in [6.45, 7) is 7.68. The summed E-state index contributed by atoms with van der Waals surface area (Å²) in [4.78, 5) is 29.6. The highest BCUT2D eigenvalue weighted by molar-refractivity contribution is 6.46. The molecule has 0 aliphatic carbocycles. The molecule has 2 aromatic rings. The number of ketones is 1. The van der Waals surface area contributed by atoms with E-state index in [1.165, 1.54) is 5.56 Å². The summed E-state index contributed by atoms with van der Waals surface area (Å²) in [5.41, 5.74) is 2.68. The lowest BCUT2D eigenvalue weighted by Gasteiger charge is -2.27. The molecule has 1 atom stereocenters. The molecule has 1 heterocycles. The maximum Gasteiger partial charge on any atom is 0.295 e. The number of Topliss-reactive ketones (excluding diaryl/α,β-unsaturated/α-hetero) is 1. The minimum atomic E-state index is -0.629. The Hall–Kier alpha value is -2.92. The molecule has 1 fully saturated rings. The minimum absolute atomic E-state index is 0.00388. The predicted octanol–water partition coefficient (Wildman–Crippen LogP) is 4.36. The number of hydrogen-bond donors (Lipinski definition) is 1. The van der Waals surface area contributed by atoms with E-state index in [-0.39, 0.29) is 16.7 Å². The summed E-state index contributed by atoms with van der Waals surface area (Å²) in [7, 11) is 3.96. The zero-order valence-electron chi connectivity index (χ0n) is 19.1. The van der Waals surface area contributed by atoms with Gasteiger partial charge in [-0.05, 0) is 43.6 Å². The number of benzene rings is 2. The van der Waals surface area contributed by atoms with E-state index in [2.05, 4.69) is 20.8 Å². The molecular weight excluding hydrogens is 388 g/mol. The Morgan fingerprint density at radius 2 is 1.61 bits per heavy atom. The summed E-state index contributed by atoms with van der Waals surface area (Å²) in [6, 6.07) is 16.3. The van der Waals surface area contributed by atoms with E-state index >= 15 is 0 Å². The minimum Gasteiger partial charge on any atom is -0.507 e. The van der Waals surface area contributed by atoms with Gasteiger partial charge in [0, 0.05) is 12.1 Å². The largest absolute Gasteiger partial charge is 0.507 e. The van der Waals surface area contributed by atoms with Crippen LogP contribution < -0.4 is 0 Å². The Bertz CT molecular complexity index is 970. The Morgan fingerprint density at radius 3 is 2.16 bits per heavy atom. The second kappa shape index (κ2) is 9.06. The van der Waals surface area contributed by atoms with Gasteiger partial charge in [0.05, 0.1) is 11.6 Å². The Labute approximate surface area is 185 Å². The zero-order chi connectivity index (χ0) is 22.8. The van der Waals surface area contributed by atoms with Gasteiger partial charge in [0.25, 0.3) is 11.7 Å². The summed E-state index contributed by atoms with van der Waals surface area (Å²) >= 11 is 0. The average Bonchev–Trinajstić information content (AvgIpc) is 2.98. The molecule has 1 aliphatic rings. The molecule has 1 saturated heterocycles. The van der Waals surface area contributed by atoms with Crippen molar-refractivity contribution in [3.63, 3.8) is 0 Å². The van der Waals surface area contributed by atoms with Gasteiger partial charge >= 0.3 is 0 Å². The molecule has 2 aromatic carbocycles. The lowest BCUT2D eigenvalue weighted by atomic mass is 9.85. The fourth-order valence-electron chi connectivity index (χ4n) is 3.93. The molecule has 1 unspecified atom stereocenters. The lowest BCUT2D eigenvalue weighted by Crippen LogP contribution is -2.32. The third-order valence-corrected chi connectivity index (χ3v) is 5.68. The normalized spacial score (nSPS) is 18.8. The van der Waals surface area contributed by atoms with E-state index in [9.17, 15) is 14.7 Å². The van der Waals surface area contributed by atoms with Gasteiger partial charge in [-0.25, -0.2) is 0 Å². The number of likely N-dealkylation sites (tertiary alicyclic amines) is 1. The Morgan fingerprint density at radius 1 is 1.00 bits per heavy atom. The average molecular weight is 421 g/mol. The van der Waals surface area contributed by atoms with Gasteiger partial charge in [-0.15, -0.1) is 0 Å². The maximum absolute atomic E-state index is 13.0. The van der Waals surface area contributed by atoms with E-state index in [0.29, 0.717) is 12.1 Å². The van der Waals surface area contributed by atoms with Crippen molar-refractivity contribution in [1.82, 2.24) is 9.80 Å². The predicted molar refractivity (Wildman–Crippen MR) is 124 cm³/mol. The highest BCUT2D eigenvalue weighted by Crippen LogP contribution is 2.40. The van der Waals surface area contributed by atoms with E-state index in [0.717, 1.165) is 18.5 Å². The van der Waals surface area contributed by atoms with Gasteiger partial charge in [0.1, 0.15) is 5.76 Å². The second-order valence-corrected chi connectivity index (χ2v) is 9.39. The molecule has 0 aromatic heterocycles. The van der Waals surface area contributed by atoms with Crippen LogP contribution in [0.1, 0.15) is 49.9 Å². The summed E-state index contributed by atoms with van der Waals surface area (Å²) < 4.78 is 0. The van der Waals surface area contributed by atoms with Crippen molar-refractivity contribution < 1.29 is 14.7 Å². The van der Waals surface area contributed by atoms with Crippen LogP contribution in [0.2, 0.25) is 0 Å². The van der Waals surface area contributed by atoms with Crippen LogP contribution in [0, 0.1) is 0 Å². The second-order valence-electron chi connectivity index (χ2n) is 9.39. The van der Waals surface area contributed by atoms with Crippen molar-refractivity contribution in [2.75, 3.05) is 27.2 Å². The summed E-state index contributed by atoms with van der Waals surface area (Å²) in [5, 5.41) is 11.0. The first kappa shape index (κ1) is 22.8. The number of aliphatic hydroxyl groups is 1. The fourth-order valence-corrected chi connectivity index (χ4v) is 3.93. The number of nitrogens with zero attached hydrogens (tertiary/aromatic N) is 2. The van der Waals surface area contributed by atoms with Crippen LogP contribution in [-0.2, 0) is 15.0 Å². The van der Waals surface area contributed by atoms with E-state index < -0.39 is 17.7 Å². The van der Waals surface area contributed by atoms with Gasteiger partial charge in [-0.2, -0.15) is 0 Å². The SMILES string of the molecule is CN(C)CCCN1C(=O)C(=O)C(=C(O)c2ccccc2)C1c1ccc(C(C)(C)C)cc1.